The summed E-state index contributed by atoms with van der Waals surface area (Å²) >= 11 is 1.88. The number of para-hydroxylation sites is 1. The lowest BCUT2D eigenvalue weighted by molar-refractivity contribution is 1.06. The van der Waals surface area contributed by atoms with E-state index in [2.05, 4.69) is 138 Å². The van der Waals surface area contributed by atoms with Crippen LogP contribution >= 0.6 is 11.3 Å². The van der Waals surface area contributed by atoms with Crippen molar-refractivity contribution in [3.63, 3.8) is 0 Å². The van der Waals surface area contributed by atoms with Gasteiger partial charge in [-0.25, -0.2) is 9.98 Å². The molecule has 57 heavy (non-hydrogen) atoms. The molecular weight excluding hydrogens is 713 g/mol. The number of fused-ring (bicyclic) bond motifs is 13. The van der Waals surface area contributed by atoms with Gasteiger partial charge in [-0.05, 0) is 63.5 Å². The van der Waals surface area contributed by atoms with E-state index in [0.29, 0.717) is 18.2 Å². The molecule has 11 rings (SSSR count). The zero-order valence-electron chi connectivity index (χ0n) is 30.9. The van der Waals surface area contributed by atoms with E-state index in [4.69, 9.17) is 9.98 Å². The Balaban J connectivity index is 1.25. The van der Waals surface area contributed by atoms with E-state index in [1.807, 2.05) is 72.0 Å². The molecule has 0 radical (unpaired) electrons. The van der Waals surface area contributed by atoms with Crippen molar-refractivity contribution >= 4 is 104 Å². The van der Waals surface area contributed by atoms with Gasteiger partial charge in [0.25, 0.3) is 0 Å². The van der Waals surface area contributed by atoms with Crippen LogP contribution in [-0.4, -0.2) is 23.0 Å². The molecule has 9 aromatic carbocycles. The van der Waals surface area contributed by atoms with E-state index in [1.165, 1.54) is 74.3 Å². The van der Waals surface area contributed by atoms with Gasteiger partial charge in [-0.15, -0.1) is 11.3 Å². The lowest BCUT2D eigenvalue weighted by Gasteiger charge is -2.18. The average molecular weight is 747 g/mol. The zero-order valence-corrected chi connectivity index (χ0v) is 31.7. The third kappa shape index (κ3) is 5.39. The zero-order chi connectivity index (χ0) is 37.9. The second-order valence-corrected chi connectivity index (χ2v) is 15.4. The Hall–Kier alpha value is -7.21. The van der Waals surface area contributed by atoms with Crippen molar-refractivity contribution in [1.29, 1.82) is 0 Å². The first-order valence-electron chi connectivity index (χ1n) is 19.2. The average Bonchev–Trinajstić information content (AvgIpc) is 3.83. The van der Waals surface area contributed by atoms with Crippen molar-refractivity contribution in [1.82, 2.24) is 4.57 Å². The molecule has 0 unspecified atom stereocenters. The lowest BCUT2D eigenvalue weighted by atomic mass is 9.92. The molecule has 0 saturated heterocycles. The van der Waals surface area contributed by atoms with Crippen LogP contribution in [-0.2, 0) is 6.54 Å². The molecule has 0 atom stereocenters. The summed E-state index contributed by atoms with van der Waals surface area (Å²) in [5.74, 6) is 1.14. The molecular formula is C52H34N4S. The Labute approximate surface area is 333 Å². The highest BCUT2D eigenvalue weighted by molar-refractivity contribution is 7.26. The monoisotopic (exact) mass is 746 g/mol. The van der Waals surface area contributed by atoms with Gasteiger partial charge in [0.15, 0.2) is 11.7 Å². The van der Waals surface area contributed by atoms with Gasteiger partial charge in [0.05, 0.1) is 28.0 Å². The molecule has 0 bridgehead atoms. The van der Waals surface area contributed by atoms with E-state index >= 15 is 0 Å². The predicted molar refractivity (Wildman–Crippen MR) is 245 cm³/mol. The van der Waals surface area contributed by atoms with Crippen molar-refractivity contribution in [2.24, 2.45) is 15.0 Å². The Kier molecular flexibility index (Phi) is 7.86. The summed E-state index contributed by atoms with van der Waals surface area (Å²) in [7, 11) is 0. The van der Waals surface area contributed by atoms with Crippen LogP contribution in [0.25, 0.3) is 80.0 Å². The van der Waals surface area contributed by atoms with Gasteiger partial charge in [0, 0.05) is 42.8 Å². The molecule has 0 aliphatic rings. The molecule has 0 amide bonds. The highest BCUT2D eigenvalue weighted by atomic mass is 32.1. The molecule has 2 heterocycles. The van der Waals surface area contributed by atoms with Crippen molar-refractivity contribution in [2.75, 3.05) is 0 Å². The first-order valence-corrected chi connectivity index (χ1v) is 20.0. The maximum Gasteiger partial charge on any atom is 0.161 e. The van der Waals surface area contributed by atoms with Crippen LogP contribution in [0.15, 0.2) is 197 Å². The van der Waals surface area contributed by atoms with Crippen LogP contribution in [0.5, 0.6) is 0 Å². The van der Waals surface area contributed by atoms with Gasteiger partial charge >= 0.3 is 0 Å². The first kappa shape index (κ1) is 33.2. The number of hydrogen-bond donors (Lipinski definition) is 0. The Morgan fingerprint density at radius 1 is 0.491 bits per heavy atom. The fourth-order valence-electron chi connectivity index (χ4n) is 8.64. The highest BCUT2D eigenvalue weighted by Gasteiger charge is 2.21. The molecule has 0 saturated carbocycles. The molecule has 5 heteroatoms. The fourth-order valence-corrected chi connectivity index (χ4v) is 9.88. The molecule has 0 aliphatic heterocycles. The molecule has 268 valence electrons. The number of aliphatic imine (C=N–C) groups is 3. The maximum atomic E-state index is 5.29. The van der Waals surface area contributed by atoms with E-state index < -0.39 is 0 Å². The van der Waals surface area contributed by atoms with E-state index in [1.54, 1.807) is 0 Å². The minimum atomic E-state index is 0.409. The maximum absolute atomic E-state index is 5.29. The van der Waals surface area contributed by atoms with Crippen LogP contribution in [0, 0.1) is 0 Å². The standard InChI is InChI=1S/C52H34N4S/c1-53-51(34-16-4-2-5-17-34)55-52(35-18-6-3-7-19-35)54-32-33-30-44-38-22-9-8-20-36(38)37-21-10-11-25-41(37)48(44)46(31-33)56-45-26-14-12-23-39(45)42-28-29-43-40-24-13-15-27-47(40)57-50(43)49(42)56/h2-31H,1,32H2/b54-52-,55-51-. The Morgan fingerprint density at radius 2 is 1.05 bits per heavy atom. The smallest absolute Gasteiger partial charge is 0.161 e. The largest absolute Gasteiger partial charge is 0.307 e. The molecule has 2 aromatic heterocycles. The van der Waals surface area contributed by atoms with E-state index in [0.717, 1.165) is 22.4 Å². The first-order chi connectivity index (χ1) is 28.2. The fraction of sp³-hybridized carbons (Fsp3) is 0.0192. The minimum absolute atomic E-state index is 0.409. The Bertz CT molecular complexity index is 3450. The van der Waals surface area contributed by atoms with Gasteiger partial charge in [-0.3, -0.25) is 4.99 Å². The van der Waals surface area contributed by atoms with Crippen LogP contribution in [0.1, 0.15) is 16.7 Å². The Morgan fingerprint density at radius 3 is 1.77 bits per heavy atom. The number of rotatable bonds is 5. The molecule has 0 aliphatic carbocycles. The molecule has 11 aromatic rings. The van der Waals surface area contributed by atoms with Crippen LogP contribution < -0.4 is 0 Å². The van der Waals surface area contributed by atoms with Gasteiger partial charge in [-0.2, -0.15) is 0 Å². The minimum Gasteiger partial charge on any atom is -0.307 e. The second-order valence-electron chi connectivity index (χ2n) is 14.4. The normalized spacial score (nSPS) is 12.6. The highest BCUT2D eigenvalue weighted by Crippen LogP contribution is 2.46. The SMILES string of the molecule is C=N/C(=N\C(=N/Cc1cc(-n2c3ccccc3c3ccc4c5ccccc5sc4c32)c2c3ccccc3c3ccccc3c2c1)c1ccccc1)c1ccccc1. The number of hydrogen-bond acceptors (Lipinski definition) is 2. The molecule has 0 spiro atoms. The summed E-state index contributed by atoms with van der Waals surface area (Å²) in [6.45, 7) is 4.29. The van der Waals surface area contributed by atoms with E-state index in [9.17, 15) is 0 Å². The molecule has 0 fully saturated rings. The molecule has 0 N–H and O–H groups in total. The van der Waals surface area contributed by atoms with Crippen LogP contribution in [0.3, 0.4) is 0 Å². The van der Waals surface area contributed by atoms with Crippen LogP contribution in [0.4, 0.5) is 0 Å². The number of amidine groups is 2. The van der Waals surface area contributed by atoms with Crippen LogP contribution in [0.2, 0.25) is 0 Å². The van der Waals surface area contributed by atoms with Gasteiger partial charge < -0.3 is 4.57 Å². The third-order valence-corrected chi connectivity index (χ3v) is 12.3. The second kappa shape index (κ2) is 13.5. The number of benzene rings is 9. The summed E-state index contributed by atoms with van der Waals surface area (Å²) in [4.78, 5) is 14.7. The van der Waals surface area contributed by atoms with Gasteiger partial charge in [0.2, 0.25) is 0 Å². The summed E-state index contributed by atoms with van der Waals surface area (Å²) in [5, 5.41) is 12.4. The predicted octanol–water partition coefficient (Wildman–Crippen LogP) is 13.7. The number of thiophene rings is 1. The summed E-state index contributed by atoms with van der Waals surface area (Å²) < 4.78 is 5.11. The van der Waals surface area contributed by atoms with Gasteiger partial charge in [-0.1, -0.05) is 158 Å². The summed E-state index contributed by atoms with van der Waals surface area (Å²) in [5.41, 5.74) is 6.44. The summed E-state index contributed by atoms with van der Waals surface area (Å²) in [6.07, 6.45) is 0. The van der Waals surface area contributed by atoms with Crippen molar-refractivity contribution in [3.05, 3.63) is 199 Å². The van der Waals surface area contributed by atoms with Gasteiger partial charge in [0.1, 0.15) is 0 Å². The van der Waals surface area contributed by atoms with Crippen molar-refractivity contribution in [3.8, 4) is 5.69 Å². The third-order valence-electron chi connectivity index (χ3n) is 11.1. The quantitative estimate of drug-likeness (QED) is 0.0956. The van der Waals surface area contributed by atoms with Crippen molar-refractivity contribution < 1.29 is 0 Å². The topological polar surface area (TPSA) is 42.0 Å². The number of aromatic nitrogens is 1. The van der Waals surface area contributed by atoms with Crippen molar-refractivity contribution in [2.45, 2.75) is 6.54 Å². The summed E-state index contributed by atoms with van der Waals surface area (Å²) in [6, 6.07) is 64.7. The molecule has 4 nitrogen and oxygen atoms in total. The van der Waals surface area contributed by atoms with E-state index in [-0.39, 0.29) is 0 Å². The number of nitrogens with zero attached hydrogens (tertiary/aromatic N) is 4. The lowest BCUT2D eigenvalue weighted by Crippen LogP contribution is -2.05.